The number of anilines is 1. The molecule has 1 N–H and O–H groups in total. The number of nitrogens with one attached hydrogen (secondary N) is 1. The minimum Gasteiger partial charge on any atom is -0.378 e. The number of halogens is 1. The summed E-state index contributed by atoms with van der Waals surface area (Å²) >= 11 is 7.38. The second-order valence-electron chi connectivity index (χ2n) is 6.07. The van der Waals surface area contributed by atoms with Crippen LogP contribution in [0.1, 0.15) is 11.1 Å². The molecule has 1 atom stereocenters. The van der Waals surface area contributed by atoms with Crippen molar-refractivity contribution in [1.29, 1.82) is 0 Å². The number of thioether (sulfide) groups is 1. The first-order valence-electron chi connectivity index (χ1n) is 8.11. The Labute approximate surface area is 162 Å². The van der Waals surface area contributed by atoms with Crippen LogP contribution in [0.25, 0.3) is 0 Å². The number of benzene rings is 2. The Balaban J connectivity index is 1.60. The first kappa shape index (κ1) is 18.5. The third-order valence-electron chi connectivity index (χ3n) is 3.85. The Bertz CT molecular complexity index is 849. The van der Waals surface area contributed by atoms with Gasteiger partial charge >= 0.3 is 0 Å². The molecular weight excluding hydrogens is 368 g/mol. The molecule has 0 saturated carbocycles. The van der Waals surface area contributed by atoms with E-state index in [4.69, 9.17) is 11.6 Å². The summed E-state index contributed by atoms with van der Waals surface area (Å²) in [5.74, 6) is -0.0562. The average Bonchev–Trinajstić information content (AvgIpc) is 2.95. The smallest absolute Gasteiger partial charge is 0.239 e. The number of hydrogen-bond acceptors (Lipinski definition) is 5. The minimum atomic E-state index is -0.221. The molecule has 0 bridgehead atoms. The molecule has 0 radical (unpaired) electrons. The maximum Gasteiger partial charge on any atom is 0.239 e. The fourth-order valence-corrected chi connectivity index (χ4v) is 3.65. The standard InChI is InChI=1S/C19H19ClN4OS/c1-24(2)16-8-6-13(7-9-16)12-21-23-19-22-18(25)17(26-19)11-14-4-3-5-15(20)10-14/h3-10,12,17H,11H2,1-2H3,(H,22,23,25). The Morgan fingerprint density at radius 1 is 1.23 bits per heavy atom. The molecule has 1 unspecified atom stereocenters. The van der Waals surface area contributed by atoms with Crippen LogP contribution in [0.5, 0.6) is 0 Å². The normalized spacial score (nSPS) is 18.5. The fraction of sp³-hybridized carbons (Fsp3) is 0.211. The molecule has 0 aromatic heterocycles. The summed E-state index contributed by atoms with van der Waals surface area (Å²) in [6.07, 6.45) is 2.27. The summed E-state index contributed by atoms with van der Waals surface area (Å²) < 4.78 is 0. The zero-order valence-electron chi connectivity index (χ0n) is 14.5. The van der Waals surface area contributed by atoms with Crippen LogP contribution in [-0.4, -0.2) is 36.6 Å². The Hall–Kier alpha value is -2.31. The molecule has 3 rings (SSSR count). The second kappa shape index (κ2) is 8.38. The van der Waals surface area contributed by atoms with Crippen molar-refractivity contribution >= 4 is 46.3 Å². The number of carbonyl (C=O) groups is 1. The number of rotatable bonds is 5. The topological polar surface area (TPSA) is 57.1 Å². The van der Waals surface area contributed by atoms with Crippen molar-refractivity contribution in [3.8, 4) is 0 Å². The maximum absolute atomic E-state index is 12.1. The first-order valence-corrected chi connectivity index (χ1v) is 9.37. The van der Waals surface area contributed by atoms with Gasteiger partial charge in [-0.2, -0.15) is 5.10 Å². The van der Waals surface area contributed by atoms with Crippen LogP contribution in [0.3, 0.4) is 0 Å². The van der Waals surface area contributed by atoms with Gasteiger partial charge in [-0.1, -0.05) is 47.6 Å². The fourth-order valence-electron chi connectivity index (χ4n) is 2.47. The summed E-state index contributed by atoms with van der Waals surface area (Å²) in [5, 5.41) is 11.9. The zero-order valence-corrected chi connectivity index (χ0v) is 16.1. The highest BCUT2D eigenvalue weighted by Crippen LogP contribution is 2.24. The molecule has 2 aromatic carbocycles. The number of hydrogen-bond donors (Lipinski definition) is 1. The van der Waals surface area contributed by atoms with E-state index < -0.39 is 0 Å². The number of amidine groups is 1. The molecule has 1 fully saturated rings. The summed E-state index contributed by atoms with van der Waals surface area (Å²) in [6, 6.07) is 15.5. The van der Waals surface area contributed by atoms with E-state index in [9.17, 15) is 4.79 Å². The van der Waals surface area contributed by atoms with Crippen LogP contribution < -0.4 is 10.2 Å². The lowest BCUT2D eigenvalue weighted by Crippen LogP contribution is -2.25. The highest BCUT2D eigenvalue weighted by Gasteiger charge is 2.30. The Morgan fingerprint density at radius 2 is 2.00 bits per heavy atom. The quantitative estimate of drug-likeness (QED) is 0.631. The van der Waals surface area contributed by atoms with Gasteiger partial charge in [0.05, 0.1) is 11.5 Å². The number of nitrogens with zero attached hydrogens (tertiary/aromatic N) is 3. The van der Waals surface area contributed by atoms with Crippen molar-refractivity contribution in [2.45, 2.75) is 11.7 Å². The predicted octanol–water partition coefficient (Wildman–Crippen LogP) is 3.57. The van der Waals surface area contributed by atoms with E-state index in [0.29, 0.717) is 16.6 Å². The largest absolute Gasteiger partial charge is 0.378 e. The van der Waals surface area contributed by atoms with Crippen LogP contribution in [0.4, 0.5) is 5.69 Å². The molecule has 0 aliphatic carbocycles. The van der Waals surface area contributed by atoms with Gasteiger partial charge in [0.2, 0.25) is 5.91 Å². The maximum atomic E-state index is 12.1. The van der Waals surface area contributed by atoms with E-state index in [1.165, 1.54) is 11.8 Å². The van der Waals surface area contributed by atoms with Crippen LogP contribution in [0.2, 0.25) is 5.02 Å². The lowest BCUT2D eigenvalue weighted by atomic mass is 10.1. The van der Waals surface area contributed by atoms with Gasteiger partial charge in [0.25, 0.3) is 0 Å². The van der Waals surface area contributed by atoms with E-state index >= 15 is 0 Å². The summed E-state index contributed by atoms with van der Waals surface area (Å²) in [7, 11) is 3.99. The summed E-state index contributed by atoms with van der Waals surface area (Å²) in [6.45, 7) is 0. The molecule has 7 heteroatoms. The number of amides is 1. The van der Waals surface area contributed by atoms with Crippen LogP contribution >= 0.6 is 23.4 Å². The molecule has 5 nitrogen and oxygen atoms in total. The second-order valence-corrected chi connectivity index (χ2v) is 7.69. The summed E-state index contributed by atoms with van der Waals surface area (Å²) in [5.41, 5.74) is 3.09. The van der Waals surface area contributed by atoms with Crippen molar-refractivity contribution in [2.24, 2.45) is 10.2 Å². The molecule has 1 aliphatic rings. The van der Waals surface area contributed by atoms with Gasteiger partial charge in [0, 0.05) is 24.8 Å². The highest BCUT2D eigenvalue weighted by atomic mass is 35.5. The molecule has 26 heavy (non-hydrogen) atoms. The lowest BCUT2D eigenvalue weighted by Gasteiger charge is -2.11. The molecule has 1 heterocycles. The molecular formula is C19H19ClN4OS. The summed E-state index contributed by atoms with van der Waals surface area (Å²) in [4.78, 5) is 14.1. The van der Waals surface area contributed by atoms with Gasteiger partial charge < -0.3 is 10.2 Å². The van der Waals surface area contributed by atoms with Crippen molar-refractivity contribution < 1.29 is 4.79 Å². The molecule has 2 aromatic rings. The van der Waals surface area contributed by atoms with Gasteiger partial charge in [-0.25, -0.2) is 0 Å². The molecule has 1 saturated heterocycles. The molecule has 1 aliphatic heterocycles. The van der Waals surface area contributed by atoms with E-state index in [-0.39, 0.29) is 11.2 Å². The highest BCUT2D eigenvalue weighted by molar-refractivity contribution is 8.15. The first-order chi connectivity index (χ1) is 12.5. The average molecular weight is 387 g/mol. The van der Waals surface area contributed by atoms with Crippen LogP contribution in [0.15, 0.2) is 58.7 Å². The zero-order chi connectivity index (χ0) is 18.5. The Kier molecular flexibility index (Phi) is 5.96. The van der Waals surface area contributed by atoms with E-state index in [0.717, 1.165) is 16.8 Å². The lowest BCUT2D eigenvalue weighted by molar-refractivity contribution is -0.118. The SMILES string of the molecule is CN(C)c1ccc(C=NN=C2NC(=O)C(Cc3cccc(Cl)c3)S2)cc1. The Morgan fingerprint density at radius 3 is 2.69 bits per heavy atom. The van der Waals surface area contributed by atoms with E-state index in [1.807, 2.05) is 67.5 Å². The van der Waals surface area contributed by atoms with Gasteiger partial charge in [-0.05, 0) is 41.8 Å². The number of carbonyl (C=O) groups excluding carboxylic acids is 1. The monoisotopic (exact) mass is 386 g/mol. The van der Waals surface area contributed by atoms with Crippen LogP contribution in [0, 0.1) is 0 Å². The molecule has 0 spiro atoms. The molecule has 1 amide bonds. The van der Waals surface area contributed by atoms with Crippen molar-refractivity contribution in [2.75, 3.05) is 19.0 Å². The third kappa shape index (κ3) is 4.86. The van der Waals surface area contributed by atoms with Crippen molar-refractivity contribution in [3.63, 3.8) is 0 Å². The van der Waals surface area contributed by atoms with Crippen molar-refractivity contribution in [1.82, 2.24) is 5.32 Å². The van der Waals surface area contributed by atoms with Gasteiger partial charge in [-0.15, -0.1) is 5.10 Å². The van der Waals surface area contributed by atoms with Gasteiger partial charge in [-0.3, -0.25) is 4.79 Å². The predicted molar refractivity (Wildman–Crippen MR) is 110 cm³/mol. The third-order valence-corrected chi connectivity index (χ3v) is 5.16. The van der Waals surface area contributed by atoms with Gasteiger partial charge in [0.1, 0.15) is 0 Å². The van der Waals surface area contributed by atoms with Crippen molar-refractivity contribution in [3.05, 3.63) is 64.7 Å². The minimum absolute atomic E-state index is 0.0562. The molecule has 134 valence electrons. The van der Waals surface area contributed by atoms with Gasteiger partial charge in [0.15, 0.2) is 5.17 Å². The van der Waals surface area contributed by atoms with E-state index in [2.05, 4.69) is 15.5 Å². The van der Waals surface area contributed by atoms with Crippen LogP contribution in [-0.2, 0) is 11.2 Å². The van der Waals surface area contributed by atoms with E-state index in [1.54, 1.807) is 6.21 Å².